The molecule has 0 fully saturated rings. The van der Waals surface area contributed by atoms with Crippen LogP contribution in [0.15, 0.2) is 53.6 Å². The highest BCUT2D eigenvalue weighted by Crippen LogP contribution is 2.41. The molecule has 1 amide bonds. The number of nitro groups is 2. The maximum absolute atomic E-state index is 12.7. The number of rotatable bonds is 13. The number of methoxy groups -OCH3 is 1. The summed E-state index contributed by atoms with van der Waals surface area (Å²) in [4.78, 5) is 33.6. The van der Waals surface area contributed by atoms with Gasteiger partial charge in [-0.05, 0) is 77.9 Å². The molecular weight excluding hydrogens is 639 g/mol. The molecule has 0 aliphatic rings. The van der Waals surface area contributed by atoms with Crippen LogP contribution in [0.25, 0.3) is 0 Å². The Morgan fingerprint density at radius 3 is 2.38 bits per heavy atom. The van der Waals surface area contributed by atoms with Crippen molar-refractivity contribution in [3.63, 3.8) is 0 Å². The predicted molar refractivity (Wildman–Crippen MR) is 154 cm³/mol. The number of carbonyl (C=O) groups excluding carboxylic acids is 1. The van der Waals surface area contributed by atoms with Crippen molar-refractivity contribution in [3.8, 4) is 28.7 Å². The maximum atomic E-state index is 12.7. The van der Waals surface area contributed by atoms with Crippen molar-refractivity contribution in [2.45, 2.75) is 20.3 Å². The normalized spacial score (nSPS) is 10.7. The average Bonchev–Trinajstić information content (AvgIpc) is 2.93. The van der Waals surface area contributed by atoms with Gasteiger partial charge in [-0.1, -0.05) is 6.92 Å². The number of halogens is 1. The largest absolute Gasteiger partial charge is 0.493 e. The molecule has 0 bridgehead atoms. The summed E-state index contributed by atoms with van der Waals surface area (Å²) in [5.41, 5.74) is 2.30. The Balaban J connectivity index is 1.79. The minimum atomic E-state index is -0.769. The first-order chi connectivity index (χ1) is 19.2. The van der Waals surface area contributed by atoms with Crippen LogP contribution in [0.1, 0.15) is 36.2 Å². The lowest BCUT2D eigenvalue weighted by atomic mass is 10.2. The van der Waals surface area contributed by atoms with E-state index in [1.807, 2.05) is 36.4 Å². The first-order valence-corrected chi connectivity index (χ1v) is 13.0. The summed E-state index contributed by atoms with van der Waals surface area (Å²) in [5, 5.41) is 26.5. The monoisotopic (exact) mass is 664 g/mol. The topological polar surface area (TPSA) is 165 Å². The highest BCUT2D eigenvalue weighted by atomic mass is 127. The second kappa shape index (κ2) is 14.1. The summed E-state index contributed by atoms with van der Waals surface area (Å²) in [6.07, 6.45) is 2.22. The molecule has 0 aromatic heterocycles. The van der Waals surface area contributed by atoms with Gasteiger partial charge >= 0.3 is 5.69 Å². The zero-order valence-electron chi connectivity index (χ0n) is 21.7. The van der Waals surface area contributed by atoms with Crippen LogP contribution in [-0.4, -0.2) is 42.3 Å². The van der Waals surface area contributed by atoms with Crippen molar-refractivity contribution in [1.29, 1.82) is 0 Å². The molecule has 0 atom stereocenters. The molecule has 1 N–H and O–H groups in total. The maximum Gasteiger partial charge on any atom is 0.318 e. The molecule has 3 aromatic rings. The lowest BCUT2D eigenvalue weighted by molar-refractivity contribution is -0.394. The number of amides is 1. The summed E-state index contributed by atoms with van der Waals surface area (Å²) in [5.74, 6) is 0.721. The molecule has 0 radical (unpaired) electrons. The number of hydrogen-bond acceptors (Lipinski definition) is 10. The molecule has 13 nitrogen and oxygen atoms in total. The zero-order valence-corrected chi connectivity index (χ0v) is 23.9. The van der Waals surface area contributed by atoms with Gasteiger partial charge in [-0.25, -0.2) is 5.43 Å². The summed E-state index contributed by atoms with van der Waals surface area (Å²) in [7, 11) is 1.38. The molecule has 0 aliphatic heterocycles. The highest BCUT2D eigenvalue weighted by Gasteiger charge is 2.23. The average molecular weight is 664 g/mol. The number of nitro benzene ring substituents is 2. The molecule has 0 heterocycles. The second-order valence-corrected chi connectivity index (χ2v) is 9.11. The summed E-state index contributed by atoms with van der Waals surface area (Å²) in [6.45, 7) is 4.75. The Hall–Kier alpha value is -4.47. The van der Waals surface area contributed by atoms with Gasteiger partial charge in [0.1, 0.15) is 0 Å². The Kier molecular flexibility index (Phi) is 10.6. The van der Waals surface area contributed by atoms with Crippen LogP contribution in [0.3, 0.4) is 0 Å². The van der Waals surface area contributed by atoms with Gasteiger partial charge in [-0.2, -0.15) is 5.10 Å². The zero-order chi connectivity index (χ0) is 29.2. The van der Waals surface area contributed by atoms with Crippen molar-refractivity contribution in [2.24, 2.45) is 5.10 Å². The van der Waals surface area contributed by atoms with Crippen molar-refractivity contribution in [1.82, 2.24) is 5.43 Å². The van der Waals surface area contributed by atoms with E-state index in [0.29, 0.717) is 39.4 Å². The van der Waals surface area contributed by atoms with E-state index in [0.717, 1.165) is 24.6 Å². The van der Waals surface area contributed by atoms with Crippen molar-refractivity contribution in [3.05, 3.63) is 83.5 Å². The minimum absolute atomic E-state index is 0.162. The summed E-state index contributed by atoms with van der Waals surface area (Å²) in [6, 6.07) is 11.1. The van der Waals surface area contributed by atoms with Gasteiger partial charge in [0.2, 0.25) is 5.75 Å². The lowest BCUT2D eigenvalue weighted by Crippen LogP contribution is -2.17. The smallest absolute Gasteiger partial charge is 0.318 e. The molecule has 0 unspecified atom stereocenters. The predicted octanol–water partition coefficient (Wildman–Crippen LogP) is 5.86. The third-order valence-corrected chi connectivity index (χ3v) is 5.96. The number of carbonyl (C=O) groups is 1. The first-order valence-electron chi connectivity index (χ1n) is 11.9. The minimum Gasteiger partial charge on any atom is -0.493 e. The van der Waals surface area contributed by atoms with Gasteiger partial charge in [0.15, 0.2) is 23.0 Å². The third kappa shape index (κ3) is 7.56. The molecule has 210 valence electrons. The molecule has 0 aliphatic carbocycles. The number of nitrogens with zero attached hydrogens (tertiary/aromatic N) is 3. The van der Waals surface area contributed by atoms with E-state index in [1.54, 1.807) is 30.3 Å². The molecular formula is C26H25IN4O9. The molecule has 0 saturated heterocycles. The van der Waals surface area contributed by atoms with Crippen LogP contribution in [0, 0.1) is 23.8 Å². The standard InChI is InChI=1S/C26H25IN4O9/c1-4-10-39-22-8-6-17(13-23(22)38-5-2)26(32)29-28-15-16-11-19(27)25(24(12-16)37-3)40-21-9-7-18(30(33)34)14-20(21)31(35)36/h6-9,11-15H,4-5,10H2,1-3H3,(H,29,32)/b28-15+. The number of hydrogen-bond donors (Lipinski definition) is 1. The van der Waals surface area contributed by atoms with Crippen LogP contribution in [0.2, 0.25) is 0 Å². The fourth-order valence-corrected chi connectivity index (χ4v) is 4.09. The highest BCUT2D eigenvalue weighted by molar-refractivity contribution is 14.1. The van der Waals surface area contributed by atoms with Gasteiger partial charge < -0.3 is 18.9 Å². The molecule has 40 heavy (non-hydrogen) atoms. The number of nitrogens with one attached hydrogen (secondary N) is 1. The van der Waals surface area contributed by atoms with Gasteiger partial charge in [0.25, 0.3) is 11.6 Å². The number of hydrazone groups is 1. The van der Waals surface area contributed by atoms with Crippen LogP contribution >= 0.6 is 22.6 Å². The van der Waals surface area contributed by atoms with E-state index >= 15 is 0 Å². The summed E-state index contributed by atoms with van der Waals surface area (Å²) >= 11 is 1.95. The van der Waals surface area contributed by atoms with Gasteiger partial charge in [-0.15, -0.1) is 0 Å². The fourth-order valence-electron chi connectivity index (χ4n) is 3.35. The van der Waals surface area contributed by atoms with Gasteiger partial charge in [0, 0.05) is 11.6 Å². The fraction of sp³-hybridized carbons (Fsp3) is 0.231. The van der Waals surface area contributed by atoms with Crippen molar-refractivity contribution in [2.75, 3.05) is 20.3 Å². The van der Waals surface area contributed by atoms with Crippen LogP contribution in [0.4, 0.5) is 11.4 Å². The quantitative estimate of drug-likeness (QED) is 0.102. The van der Waals surface area contributed by atoms with Gasteiger partial charge in [0.05, 0.1) is 46.0 Å². The first kappa shape index (κ1) is 30.1. The number of non-ortho nitro benzene ring substituents is 1. The Bertz CT molecular complexity index is 1450. The van der Waals surface area contributed by atoms with E-state index in [4.69, 9.17) is 18.9 Å². The van der Waals surface area contributed by atoms with Gasteiger partial charge in [-0.3, -0.25) is 25.0 Å². The Morgan fingerprint density at radius 2 is 1.73 bits per heavy atom. The summed E-state index contributed by atoms with van der Waals surface area (Å²) < 4.78 is 22.9. The van der Waals surface area contributed by atoms with E-state index in [9.17, 15) is 25.0 Å². The molecule has 14 heteroatoms. The molecule has 0 spiro atoms. The second-order valence-electron chi connectivity index (χ2n) is 7.94. The van der Waals surface area contributed by atoms with Crippen LogP contribution in [-0.2, 0) is 0 Å². The van der Waals surface area contributed by atoms with E-state index in [1.165, 1.54) is 13.3 Å². The van der Waals surface area contributed by atoms with E-state index in [2.05, 4.69) is 10.5 Å². The van der Waals surface area contributed by atoms with Crippen molar-refractivity contribution >= 4 is 46.1 Å². The lowest BCUT2D eigenvalue weighted by Gasteiger charge is -2.13. The van der Waals surface area contributed by atoms with Crippen LogP contribution in [0.5, 0.6) is 28.7 Å². The molecule has 3 aromatic carbocycles. The van der Waals surface area contributed by atoms with E-state index in [-0.39, 0.29) is 17.2 Å². The Labute approximate surface area is 242 Å². The molecule has 3 rings (SSSR count). The number of benzene rings is 3. The SMILES string of the molecule is CCCOc1ccc(C(=O)N/N=C/c2cc(I)c(Oc3ccc([N+](=O)[O-])cc3[N+](=O)[O-])c(OC)c2)cc1OCC. The molecule has 0 saturated carbocycles. The van der Waals surface area contributed by atoms with E-state index < -0.39 is 27.1 Å². The number of ether oxygens (including phenoxy) is 4. The Morgan fingerprint density at radius 1 is 0.975 bits per heavy atom. The van der Waals surface area contributed by atoms with Crippen molar-refractivity contribution < 1.29 is 33.6 Å². The van der Waals surface area contributed by atoms with Crippen LogP contribution < -0.4 is 24.4 Å². The third-order valence-electron chi connectivity index (χ3n) is 5.16.